The molecular weight excluding hydrogens is 182 g/mol. The zero-order chi connectivity index (χ0) is 9.97. The molecule has 0 aliphatic carbocycles. The number of nitrogens with zero attached hydrogens (tertiary/aromatic N) is 1. The van der Waals surface area contributed by atoms with Gasteiger partial charge in [-0.1, -0.05) is 0 Å². The maximum atomic E-state index is 9.07. The minimum atomic E-state index is -0.210. The minimum Gasteiger partial charge on any atom is -0.508 e. The molecule has 0 aliphatic heterocycles. The van der Waals surface area contributed by atoms with Crippen LogP contribution < -0.4 is 0 Å². The van der Waals surface area contributed by atoms with Gasteiger partial charge in [-0.15, -0.1) is 0 Å². The number of hydrogen-bond donors (Lipinski definition) is 2. The van der Waals surface area contributed by atoms with Crippen molar-refractivity contribution in [3.63, 3.8) is 0 Å². The van der Waals surface area contributed by atoms with E-state index in [4.69, 9.17) is 14.6 Å². The van der Waals surface area contributed by atoms with Crippen molar-refractivity contribution in [1.29, 1.82) is 0 Å². The van der Waals surface area contributed by atoms with E-state index < -0.39 is 0 Å². The van der Waals surface area contributed by atoms with Crippen LogP contribution in [0.2, 0.25) is 0 Å². The molecular formula is C10H9NO3. The van der Waals surface area contributed by atoms with Crippen LogP contribution in [0, 0.1) is 0 Å². The van der Waals surface area contributed by atoms with Gasteiger partial charge in [-0.05, 0) is 24.3 Å². The summed E-state index contributed by atoms with van der Waals surface area (Å²) in [5.41, 5.74) is 0.815. The summed E-state index contributed by atoms with van der Waals surface area (Å²) in [6.07, 6.45) is 1.54. The molecule has 1 aromatic carbocycles. The largest absolute Gasteiger partial charge is 0.508 e. The first-order valence-corrected chi connectivity index (χ1v) is 4.14. The van der Waals surface area contributed by atoms with Gasteiger partial charge in [0.05, 0.1) is 6.20 Å². The van der Waals surface area contributed by atoms with E-state index in [1.807, 2.05) is 0 Å². The van der Waals surface area contributed by atoms with Gasteiger partial charge in [0.15, 0.2) is 5.76 Å². The number of phenols is 1. The summed E-state index contributed by atoms with van der Waals surface area (Å²) in [5, 5.41) is 17.8. The molecule has 14 heavy (non-hydrogen) atoms. The molecule has 72 valence electrons. The Hall–Kier alpha value is -1.81. The molecule has 2 aromatic rings. The number of phenolic OH excluding ortho intramolecular Hbond substituents is 1. The molecule has 1 heterocycles. The number of benzene rings is 1. The molecule has 4 heteroatoms. The first-order valence-electron chi connectivity index (χ1n) is 4.14. The second kappa shape index (κ2) is 3.51. The molecule has 0 spiro atoms. The Labute approximate surface area is 80.5 Å². The number of aromatic hydroxyl groups is 1. The lowest BCUT2D eigenvalue weighted by atomic mass is 10.2. The van der Waals surface area contributed by atoms with Crippen LogP contribution in [-0.2, 0) is 6.61 Å². The van der Waals surface area contributed by atoms with E-state index in [9.17, 15) is 0 Å². The summed E-state index contributed by atoms with van der Waals surface area (Å²) in [4.78, 5) is 3.85. The highest BCUT2D eigenvalue weighted by molar-refractivity contribution is 5.57. The fourth-order valence-corrected chi connectivity index (χ4v) is 1.14. The van der Waals surface area contributed by atoms with Gasteiger partial charge in [0, 0.05) is 5.56 Å². The topological polar surface area (TPSA) is 66.5 Å². The van der Waals surface area contributed by atoms with Gasteiger partial charge in [0.2, 0.25) is 5.89 Å². The van der Waals surface area contributed by atoms with Crippen molar-refractivity contribution in [2.75, 3.05) is 0 Å². The lowest BCUT2D eigenvalue weighted by Crippen LogP contribution is -1.78. The predicted molar refractivity (Wildman–Crippen MR) is 49.5 cm³/mol. The molecule has 0 unspecified atom stereocenters. The van der Waals surface area contributed by atoms with Crippen LogP contribution in [0.25, 0.3) is 11.3 Å². The van der Waals surface area contributed by atoms with Gasteiger partial charge in [-0.25, -0.2) is 4.98 Å². The van der Waals surface area contributed by atoms with Crippen LogP contribution in [-0.4, -0.2) is 15.2 Å². The normalized spacial score (nSPS) is 10.4. The van der Waals surface area contributed by atoms with Crippen molar-refractivity contribution >= 4 is 0 Å². The number of aliphatic hydroxyl groups is 1. The Bertz CT molecular complexity index is 419. The highest BCUT2D eigenvalue weighted by Gasteiger charge is 2.04. The lowest BCUT2D eigenvalue weighted by Gasteiger charge is -1.95. The first-order chi connectivity index (χ1) is 6.79. The summed E-state index contributed by atoms with van der Waals surface area (Å²) in [7, 11) is 0. The predicted octanol–water partition coefficient (Wildman–Crippen LogP) is 1.54. The Morgan fingerprint density at radius 1 is 1.21 bits per heavy atom. The van der Waals surface area contributed by atoms with E-state index in [1.165, 1.54) is 6.20 Å². The molecule has 2 rings (SSSR count). The SMILES string of the molecule is OCc1ncc(-c2ccc(O)cc2)o1. The molecule has 0 saturated carbocycles. The van der Waals surface area contributed by atoms with Crippen molar-refractivity contribution < 1.29 is 14.6 Å². The van der Waals surface area contributed by atoms with E-state index in [-0.39, 0.29) is 18.2 Å². The van der Waals surface area contributed by atoms with Crippen LogP contribution in [0.5, 0.6) is 5.75 Å². The fourth-order valence-electron chi connectivity index (χ4n) is 1.14. The van der Waals surface area contributed by atoms with Crippen molar-refractivity contribution in [1.82, 2.24) is 4.98 Å². The van der Waals surface area contributed by atoms with E-state index >= 15 is 0 Å². The fraction of sp³-hybridized carbons (Fsp3) is 0.100. The van der Waals surface area contributed by atoms with E-state index in [2.05, 4.69) is 4.98 Å². The summed E-state index contributed by atoms with van der Waals surface area (Å²) >= 11 is 0. The van der Waals surface area contributed by atoms with Gasteiger partial charge in [-0.3, -0.25) is 0 Å². The zero-order valence-corrected chi connectivity index (χ0v) is 7.34. The molecule has 0 bridgehead atoms. The average molecular weight is 191 g/mol. The van der Waals surface area contributed by atoms with Gasteiger partial charge in [0.25, 0.3) is 0 Å². The summed E-state index contributed by atoms with van der Waals surface area (Å²) in [6.45, 7) is -0.210. The van der Waals surface area contributed by atoms with Gasteiger partial charge >= 0.3 is 0 Å². The Morgan fingerprint density at radius 2 is 1.93 bits per heavy atom. The number of aliphatic hydroxyl groups excluding tert-OH is 1. The molecule has 0 fully saturated rings. The molecule has 0 saturated heterocycles. The second-order valence-electron chi connectivity index (χ2n) is 2.82. The summed E-state index contributed by atoms with van der Waals surface area (Å²) < 4.78 is 5.22. The van der Waals surface area contributed by atoms with Gasteiger partial charge in [-0.2, -0.15) is 0 Å². The van der Waals surface area contributed by atoms with Crippen LogP contribution in [0.15, 0.2) is 34.9 Å². The highest BCUT2D eigenvalue weighted by atomic mass is 16.4. The first kappa shape index (κ1) is 8.77. The van der Waals surface area contributed by atoms with E-state index in [1.54, 1.807) is 24.3 Å². The third-order valence-corrected chi connectivity index (χ3v) is 1.84. The average Bonchev–Trinajstić information content (AvgIpc) is 2.67. The summed E-state index contributed by atoms with van der Waals surface area (Å²) in [6, 6.07) is 6.57. The molecule has 0 radical (unpaired) electrons. The second-order valence-corrected chi connectivity index (χ2v) is 2.82. The third kappa shape index (κ3) is 1.60. The Kier molecular flexibility index (Phi) is 2.20. The van der Waals surface area contributed by atoms with Gasteiger partial charge < -0.3 is 14.6 Å². The lowest BCUT2D eigenvalue weighted by molar-refractivity contribution is 0.241. The molecule has 0 aliphatic rings. The number of oxazole rings is 1. The molecule has 2 N–H and O–H groups in total. The van der Waals surface area contributed by atoms with Crippen molar-refractivity contribution in [3.8, 4) is 17.1 Å². The number of rotatable bonds is 2. The van der Waals surface area contributed by atoms with E-state index in [0.29, 0.717) is 5.76 Å². The zero-order valence-electron chi connectivity index (χ0n) is 7.34. The molecule has 0 atom stereocenters. The quantitative estimate of drug-likeness (QED) is 0.755. The van der Waals surface area contributed by atoms with Gasteiger partial charge in [0.1, 0.15) is 12.4 Å². The smallest absolute Gasteiger partial charge is 0.220 e. The number of hydrogen-bond acceptors (Lipinski definition) is 4. The van der Waals surface area contributed by atoms with Crippen LogP contribution in [0.3, 0.4) is 0 Å². The van der Waals surface area contributed by atoms with Crippen LogP contribution in [0.4, 0.5) is 0 Å². The maximum Gasteiger partial charge on any atom is 0.220 e. The minimum absolute atomic E-state index is 0.204. The molecule has 4 nitrogen and oxygen atoms in total. The third-order valence-electron chi connectivity index (χ3n) is 1.84. The Morgan fingerprint density at radius 3 is 2.50 bits per heavy atom. The molecule has 0 amide bonds. The maximum absolute atomic E-state index is 9.07. The molecule has 1 aromatic heterocycles. The number of aromatic nitrogens is 1. The van der Waals surface area contributed by atoms with Crippen molar-refractivity contribution in [2.45, 2.75) is 6.61 Å². The van der Waals surface area contributed by atoms with Crippen LogP contribution >= 0.6 is 0 Å². The van der Waals surface area contributed by atoms with Crippen LogP contribution in [0.1, 0.15) is 5.89 Å². The Balaban J connectivity index is 2.34. The van der Waals surface area contributed by atoms with E-state index in [0.717, 1.165) is 5.56 Å². The monoisotopic (exact) mass is 191 g/mol. The summed E-state index contributed by atoms with van der Waals surface area (Å²) in [5.74, 6) is 1.07. The highest BCUT2D eigenvalue weighted by Crippen LogP contribution is 2.22. The van der Waals surface area contributed by atoms with Crippen molar-refractivity contribution in [2.24, 2.45) is 0 Å². The standard InChI is InChI=1S/C10H9NO3/c12-6-10-11-5-9(14-10)7-1-3-8(13)4-2-7/h1-5,12-13H,6H2. The van der Waals surface area contributed by atoms with Crippen molar-refractivity contribution in [3.05, 3.63) is 36.4 Å².